The Morgan fingerprint density at radius 3 is 2.39 bits per heavy atom. The number of nitrogens with one attached hydrogen (secondary N) is 3. The summed E-state index contributed by atoms with van der Waals surface area (Å²) < 4.78 is 4.91. The zero-order valence-corrected chi connectivity index (χ0v) is 25.2. The van der Waals surface area contributed by atoms with E-state index in [0.717, 1.165) is 25.1 Å². The third-order valence-corrected chi connectivity index (χ3v) is 7.91. The molecule has 2 aliphatic heterocycles. The molecule has 3 amide bonds. The summed E-state index contributed by atoms with van der Waals surface area (Å²) in [7, 11) is 3.34. The first-order valence-electron chi connectivity index (χ1n) is 14.7. The molecule has 3 N–H and O–H groups in total. The van der Waals surface area contributed by atoms with Gasteiger partial charge in [0.25, 0.3) is 11.8 Å². The fourth-order valence-electron chi connectivity index (χ4n) is 5.43. The van der Waals surface area contributed by atoms with Gasteiger partial charge in [0.2, 0.25) is 5.91 Å². The van der Waals surface area contributed by atoms with Crippen molar-refractivity contribution in [1.82, 2.24) is 15.1 Å². The van der Waals surface area contributed by atoms with Gasteiger partial charge in [0, 0.05) is 49.4 Å². The number of benzene rings is 3. The molecule has 0 unspecified atom stereocenters. The van der Waals surface area contributed by atoms with Crippen LogP contribution in [0, 0.1) is 6.92 Å². The minimum atomic E-state index is -0.472. The van der Waals surface area contributed by atoms with Gasteiger partial charge < -0.3 is 30.5 Å². The molecule has 10 nitrogen and oxygen atoms in total. The third-order valence-electron chi connectivity index (χ3n) is 7.91. The second kappa shape index (κ2) is 13.6. The largest absolute Gasteiger partial charge is 0.465 e. The Labute approximate surface area is 257 Å². The average Bonchev–Trinajstić information content (AvgIpc) is 3.33. The number of ether oxygens (including phenoxy) is 1. The molecule has 5 rings (SSSR count). The highest BCUT2D eigenvalue weighted by atomic mass is 16.5. The number of nitrogens with zero attached hydrogens (tertiary/aromatic N) is 2. The Morgan fingerprint density at radius 1 is 0.909 bits per heavy atom. The molecule has 0 radical (unpaired) electrons. The van der Waals surface area contributed by atoms with Crippen LogP contribution in [0.15, 0.2) is 66.7 Å². The maximum absolute atomic E-state index is 13.5. The minimum absolute atomic E-state index is 0.0531. The molecule has 1 fully saturated rings. The zero-order chi connectivity index (χ0) is 31.2. The summed E-state index contributed by atoms with van der Waals surface area (Å²) in [4.78, 5) is 55.3. The summed E-state index contributed by atoms with van der Waals surface area (Å²) >= 11 is 0. The Hall–Kier alpha value is -4.96. The number of methoxy groups -OCH3 is 1. The molecular weight excluding hydrogens is 558 g/mol. The predicted octanol–water partition coefficient (Wildman–Crippen LogP) is 4.00. The molecule has 10 heteroatoms. The summed E-state index contributed by atoms with van der Waals surface area (Å²) in [5.41, 5.74) is 5.31. The number of hydrogen-bond acceptors (Lipinski definition) is 7. The lowest BCUT2D eigenvalue weighted by Gasteiger charge is -2.25. The molecule has 0 aromatic heterocycles. The third kappa shape index (κ3) is 6.81. The van der Waals surface area contributed by atoms with Crippen LogP contribution in [0.1, 0.15) is 50.2 Å². The van der Waals surface area contributed by atoms with E-state index in [0.29, 0.717) is 64.5 Å². The average molecular weight is 596 g/mol. The van der Waals surface area contributed by atoms with Gasteiger partial charge in [-0.15, -0.1) is 0 Å². The number of carbonyl (C=O) groups is 4. The normalized spacial score (nSPS) is 17.1. The second-order valence-corrected chi connectivity index (χ2v) is 11.0. The van der Waals surface area contributed by atoms with Crippen LogP contribution in [0.5, 0.6) is 0 Å². The Balaban J connectivity index is 1.44. The number of fused-ring (bicyclic) bond motifs is 1. The van der Waals surface area contributed by atoms with Crippen LogP contribution in [-0.2, 0) is 14.3 Å². The van der Waals surface area contributed by atoms with Crippen LogP contribution in [0.2, 0.25) is 0 Å². The van der Waals surface area contributed by atoms with E-state index in [1.807, 2.05) is 43.4 Å². The van der Waals surface area contributed by atoms with Crippen LogP contribution >= 0.6 is 0 Å². The number of likely N-dealkylation sites (N-methyl/N-ethyl adjacent to an activating group) is 1. The van der Waals surface area contributed by atoms with Crippen molar-refractivity contribution < 1.29 is 23.9 Å². The van der Waals surface area contributed by atoms with Crippen molar-refractivity contribution in [3.8, 4) is 0 Å². The second-order valence-electron chi connectivity index (χ2n) is 11.0. The lowest BCUT2D eigenvalue weighted by Crippen LogP contribution is -2.39. The molecule has 0 saturated carbocycles. The summed E-state index contributed by atoms with van der Waals surface area (Å²) in [6.45, 7) is 4.87. The summed E-state index contributed by atoms with van der Waals surface area (Å²) in [6, 6.07) is 20.1. The molecule has 2 aliphatic rings. The molecule has 228 valence electrons. The molecule has 0 atom stereocenters. The Morgan fingerprint density at radius 2 is 1.66 bits per heavy atom. The minimum Gasteiger partial charge on any atom is -0.465 e. The van der Waals surface area contributed by atoms with E-state index < -0.39 is 5.97 Å². The summed E-state index contributed by atoms with van der Waals surface area (Å²) in [5, 5.41) is 9.23. The number of hydrogen-bond donors (Lipinski definition) is 3. The molecule has 0 bridgehead atoms. The van der Waals surface area contributed by atoms with Crippen LogP contribution in [-0.4, -0.2) is 80.4 Å². The van der Waals surface area contributed by atoms with Crippen molar-refractivity contribution >= 4 is 46.3 Å². The van der Waals surface area contributed by atoms with Crippen molar-refractivity contribution in [3.63, 3.8) is 0 Å². The van der Waals surface area contributed by atoms with Gasteiger partial charge in [-0.3, -0.25) is 14.4 Å². The SMILES string of the molecule is COC(=O)c1cc2c(cc1C)/C(=C(/Nc1ccc(C(=O)N3CCC(=O)NCCCN(C)CC3)cc1)c1ccccc1)C(=O)N2. The van der Waals surface area contributed by atoms with Gasteiger partial charge in [0.15, 0.2) is 0 Å². The fraction of sp³-hybridized carbons (Fsp3) is 0.294. The first-order chi connectivity index (χ1) is 21.2. The highest BCUT2D eigenvalue weighted by molar-refractivity contribution is 6.37. The van der Waals surface area contributed by atoms with Gasteiger partial charge in [-0.25, -0.2) is 4.79 Å². The fourth-order valence-corrected chi connectivity index (χ4v) is 5.43. The molecular formula is C34H37N5O5. The van der Waals surface area contributed by atoms with Crippen molar-refractivity contribution in [2.24, 2.45) is 0 Å². The highest BCUT2D eigenvalue weighted by Crippen LogP contribution is 2.39. The lowest BCUT2D eigenvalue weighted by molar-refractivity contribution is -0.121. The molecule has 2 heterocycles. The van der Waals surface area contributed by atoms with E-state index in [1.165, 1.54) is 7.11 Å². The quantitative estimate of drug-likeness (QED) is 0.301. The zero-order valence-electron chi connectivity index (χ0n) is 25.2. The maximum Gasteiger partial charge on any atom is 0.338 e. The molecule has 3 aromatic carbocycles. The van der Waals surface area contributed by atoms with Gasteiger partial charge in [-0.1, -0.05) is 30.3 Å². The number of carbonyl (C=O) groups excluding carboxylic acids is 4. The van der Waals surface area contributed by atoms with Crippen molar-refractivity contribution in [3.05, 3.63) is 94.5 Å². The first kappa shape index (κ1) is 30.5. The highest BCUT2D eigenvalue weighted by Gasteiger charge is 2.30. The molecule has 44 heavy (non-hydrogen) atoms. The molecule has 1 saturated heterocycles. The van der Waals surface area contributed by atoms with Gasteiger partial charge in [0.1, 0.15) is 0 Å². The maximum atomic E-state index is 13.5. The number of amides is 3. The van der Waals surface area contributed by atoms with Gasteiger partial charge in [-0.2, -0.15) is 0 Å². The standard InChI is InChI=1S/C34H37N5O5/c1-22-20-27-28(21-26(22)34(43)44-3)37-32(41)30(27)31(23-8-5-4-6-9-23)36-25-12-10-24(11-13-25)33(42)39-17-14-29(40)35-15-7-16-38(2)18-19-39/h4-6,8-13,20-21,36H,7,14-19H2,1-3H3,(H,35,40)(H,37,41)/b31-30-. The molecule has 0 aliphatic carbocycles. The van der Waals surface area contributed by atoms with E-state index in [-0.39, 0.29) is 24.1 Å². The number of anilines is 2. The van der Waals surface area contributed by atoms with E-state index in [4.69, 9.17) is 4.74 Å². The monoisotopic (exact) mass is 595 g/mol. The van der Waals surface area contributed by atoms with Gasteiger partial charge in [-0.05, 0) is 74.5 Å². The number of aryl methyl sites for hydroxylation is 1. The smallest absolute Gasteiger partial charge is 0.338 e. The summed E-state index contributed by atoms with van der Waals surface area (Å²) in [5.74, 6) is -0.962. The number of esters is 1. The van der Waals surface area contributed by atoms with Gasteiger partial charge >= 0.3 is 5.97 Å². The van der Waals surface area contributed by atoms with E-state index in [2.05, 4.69) is 20.9 Å². The van der Waals surface area contributed by atoms with Crippen LogP contribution in [0.4, 0.5) is 11.4 Å². The van der Waals surface area contributed by atoms with E-state index in [1.54, 1.807) is 42.2 Å². The topological polar surface area (TPSA) is 120 Å². The lowest BCUT2D eigenvalue weighted by atomic mass is 9.96. The molecule has 3 aromatic rings. The first-order valence-corrected chi connectivity index (χ1v) is 14.7. The molecule has 0 spiro atoms. The Bertz CT molecular complexity index is 1600. The van der Waals surface area contributed by atoms with Crippen LogP contribution in [0.25, 0.3) is 11.3 Å². The van der Waals surface area contributed by atoms with Crippen LogP contribution < -0.4 is 16.0 Å². The van der Waals surface area contributed by atoms with Crippen molar-refractivity contribution in [1.29, 1.82) is 0 Å². The van der Waals surface area contributed by atoms with Crippen LogP contribution in [0.3, 0.4) is 0 Å². The number of rotatable bonds is 5. The van der Waals surface area contributed by atoms with E-state index in [9.17, 15) is 19.2 Å². The van der Waals surface area contributed by atoms with Crippen molar-refractivity contribution in [2.75, 3.05) is 57.5 Å². The predicted molar refractivity (Wildman–Crippen MR) is 170 cm³/mol. The van der Waals surface area contributed by atoms with Crippen molar-refractivity contribution in [2.45, 2.75) is 19.8 Å². The summed E-state index contributed by atoms with van der Waals surface area (Å²) in [6.07, 6.45) is 1.13. The van der Waals surface area contributed by atoms with E-state index >= 15 is 0 Å². The Kier molecular flexibility index (Phi) is 9.40. The van der Waals surface area contributed by atoms with Gasteiger partial charge in [0.05, 0.1) is 29.6 Å².